The van der Waals surface area contributed by atoms with Crippen molar-refractivity contribution in [2.75, 3.05) is 0 Å². The van der Waals surface area contributed by atoms with Gasteiger partial charge in [-0.1, -0.05) is 132 Å². The molecule has 0 aliphatic heterocycles. The topological polar surface area (TPSA) is 131 Å². The maximum atomic E-state index is 14.2. The fraction of sp³-hybridized carbons (Fsp3) is 0.293. The van der Waals surface area contributed by atoms with Crippen molar-refractivity contribution in [2.45, 2.75) is 75.5 Å². The molecule has 9 heteroatoms. The van der Waals surface area contributed by atoms with E-state index < -0.39 is 22.9 Å². The van der Waals surface area contributed by atoms with Gasteiger partial charge >= 0.3 is 0 Å². The van der Waals surface area contributed by atoms with Crippen LogP contribution < -0.4 is 11.5 Å². The van der Waals surface area contributed by atoms with Crippen molar-refractivity contribution >= 4 is 5.78 Å². The summed E-state index contributed by atoms with van der Waals surface area (Å²) in [5, 5.41) is 17.4. The Bertz CT molecular complexity index is 1720. The zero-order chi connectivity index (χ0) is 35.0. The highest BCUT2D eigenvalue weighted by atomic mass is 16.1. The lowest BCUT2D eigenvalue weighted by Gasteiger charge is -2.31. The Kier molecular flexibility index (Phi) is 10.7. The Morgan fingerprint density at radius 1 is 0.540 bits per heavy atom. The Morgan fingerprint density at radius 2 is 0.820 bits per heavy atom. The van der Waals surface area contributed by atoms with Crippen molar-refractivity contribution in [3.8, 4) is 0 Å². The zero-order valence-corrected chi connectivity index (χ0v) is 28.8. The number of hydrogen-bond donors (Lipinski definition) is 2. The summed E-state index contributed by atoms with van der Waals surface area (Å²) < 4.78 is 3.61. The van der Waals surface area contributed by atoms with Crippen molar-refractivity contribution in [2.24, 2.45) is 11.5 Å². The predicted octanol–water partition coefficient (Wildman–Crippen LogP) is 5.71. The summed E-state index contributed by atoms with van der Waals surface area (Å²) in [5.74, 6) is -0.991. The molecule has 6 rings (SSSR count). The summed E-state index contributed by atoms with van der Waals surface area (Å²) >= 11 is 0. The van der Waals surface area contributed by atoms with Crippen molar-refractivity contribution in [1.29, 1.82) is 0 Å². The van der Waals surface area contributed by atoms with Gasteiger partial charge in [0.15, 0.2) is 0 Å². The van der Waals surface area contributed by atoms with Gasteiger partial charge in [-0.25, -0.2) is 9.36 Å². The van der Waals surface area contributed by atoms with Crippen LogP contribution in [0, 0.1) is 0 Å². The molecule has 9 nitrogen and oxygen atoms in total. The highest BCUT2D eigenvalue weighted by Crippen LogP contribution is 2.29. The molecule has 0 fully saturated rings. The number of nitrogens with zero attached hydrogens (tertiary/aromatic N) is 6. The molecule has 0 bridgehead atoms. The lowest BCUT2D eigenvalue weighted by atomic mass is 9.84. The van der Waals surface area contributed by atoms with Crippen molar-refractivity contribution < 1.29 is 4.79 Å². The first-order valence-electron chi connectivity index (χ1n) is 17.2. The summed E-state index contributed by atoms with van der Waals surface area (Å²) in [6.07, 6.45) is 5.91. The van der Waals surface area contributed by atoms with E-state index in [4.69, 9.17) is 11.5 Å². The van der Waals surface area contributed by atoms with E-state index in [9.17, 15) is 4.79 Å². The minimum Gasteiger partial charge on any atom is -0.323 e. The summed E-state index contributed by atoms with van der Waals surface area (Å²) in [6.45, 7) is 4.61. The van der Waals surface area contributed by atoms with Gasteiger partial charge in [0, 0.05) is 11.1 Å². The first kappa shape index (κ1) is 34.6. The van der Waals surface area contributed by atoms with Gasteiger partial charge in [0.25, 0.3) is 0 Å². The van der Waals surface area contributed by atoms with E-state index in [1.807, 2.05) is 86.6 Å². The molecule has 0 aliphatic carbocycles. The third-order valence-corrected chi connectivity index (χ3v) is 9.56. The van der Waals surface area contributed by atoms with E-state index >= 15 is 0 Å². The number of benzene rings is 4. The normalized spacial score (nSPS) is 13.2. The standard InChI is InChI=1S/C41H46N8O/c1-31(37-27-44-46-48(37)29-40(42,23-33-15-7-3-8-16-33)24-34-17-9-4-10-18-34)39(50)32(2)38-28-45-47-49(38)30-41(43,25-35-19-11-5-12-20-35)26-36-21-13-6-14-22-36/h3-22,27-28,31-32H,23-26,29-30,42-43H2,1-2H3. The molecule has 0 radical (unpaired) electrons. The number of carbonyl (C=O) groups is 1. The molecule has 0 amide bonds. The molecule has 0 saturated heterocycles. The maximum absolute atomic E-state index is 14.2. The van der Waals surface area contributed by atoms with Crippen LogP contribution in [0.2, 0.25) is 0 Å². The van der Waals surface area contributed by atoms with Gasteiger partial charge < -0.3 is 11.5 Å². The largest absolute Gasteiger partial charge is 0.323 e. The van der Waals surface area contributed by atoms with E-state index in [2.05, 4.69) is 69.2 Å². The monoisotopic (exact) mass is 666 g/mol. The number of ketones is 1. The van der Waals surface area contributed by atoms with Crippen LogP contribution in [0.15, 0.2) is 134 Å². The highest BCUT2D eigenvalue weighted by Gasteiger charge is 2.34. The highest BCUT2D eigenvalue weighted by molar-refractivity contribution is 5.90. The minimum absolute atomic E-state index is 0.0135. The predicted molar refractivity (Wildman–Crippen MR) is 196 cm³/mol. The minimum atomic E-state index is -0.677. The fourth-order valence-corrected chi connectivity index (χ4v) is 7.07. The van der Waals surface area contributed by atoms with Crippen LogP contribution in [0.4, 0.5) is 0 Å². The van der Waals surface area contributed by atoms with E-state index in [1.165, 1.54) is 0 Å². The summed E-state index contributed by atoms with van der Waals surface area (Å²) in [6, 6.07) is 41.0. The first-order valence-corrected chi connectivity index (χ1v) is 17.2. The SMILES string of the molecule is CC(C(=O)C(C)c1cnnn1CC(N)(Cc1ccccc1)Cc1ccccc1)c1cnnn1CC(N)(Cc1ccccc1)Cc1ccccc1. The molecule has 2 aromatic heterocycles. The Morgan fingerprint density at radius 3 is 1.10 bits per heavy atom. The number of carbonyl (C=O) groups excluding carboxylic acids is 1. The maximum Gasteiger partial charge on any atom is 0.150 e. The van der Waals surface area contributed by atoms with Gasteiger partial charge in [-0.2, -0.15) is 0 Å². The van der Waals surface area contributed by atoms with Crippen LogP contribution in [-0.2, 0) is 43.6 Å². The molecule has 0 aliphatic rings. The van der Waals surface area contributed by atoms with Crippen LogP contribution in [0.25, 0.3) is 0 Å². The van der Waals surface area contributed by atoms with E-state index in [0.29, 0.717) is 38.8 Å². The third kappa shape index (κ3) is 8.66. The van der Waals surface area contributed by atoms with Gasteiger partial charge in [-0.05, 0) is 61.8 Å². The van der Waals surface area contributed by atoms with Gasteiger partial charge in [0.1, 0.15) is 5.78 Å². The number of hydrogen-bond acceptors (Lipinski definition) is 7. The molecular weight excluding hydrogens is 621 g/mol. The average molecular weight is 667 g/mol. The fourth-order valence-electron chi connectivity index (χ4n) is 7.07. The number of nitrogens with two attached hydrogens (primary N) is 2. The van der Waals surface area contributed by atoms with Crippen molar-refractivity contribution in [1.82, 2.24) is 30.0 Å². The second-order valence-corrected chi connectivity index (χ2v) is 13.9. The molecule has 6 aromatic rings. The van der Waals surface area contributed by atoms with Crippen LogP contribution in [0.5, 0.6) is 0 Å². The van der Waals surface area contributed by atoms with E-state index in [1.54, 1.807) is 21.8 Å². The number of rotatable bonds is 16. The average Bonchev–Trinajstić information content (AvgIpc) is 3.78. The van der Waals surface area contributed by atoms with Gasteiger partial charge in [-0.3, -0.25) is 4.79 Å². The second kappa shape index (κ2) is 15.5. The zero-order valence-electron chi connectivity index (χ0n) is 28.8. The van der Waals surface area contributed by atoms with Gasteiger partial charge in [-0.15, -0.1) is 10.2 Å². The molecule has 2 heterocycles. The Hall–Kier alpha value is -5.25. The Labute approximate surface area is 294 Å². The molecule has 2 atom stereocenters. The third-order valence-electron chi connectivity index (χ3n) is 9.56. The summed E-state index contributed by atoms with van der Waals surface area (Å²) in [7, 11) is 0. The molecule has 0 spiro atoms. The smallest absolute Gasteiger partial charge is 0.150 e. The first-order chi connectivity index (χ1) is 24.2. The lowest BCUT2D eigenvalue weighted by Crippen LogP contribution is -2.49. The molecular formula is C41H46N8O. The number of aromatic nitrogens is 6. The van der Waals surface area contributed by atoms with Gasteiger partial charge in [0.2, 0.25) is 0 Å². The van der Waals surface area contributed by atoms with Crippen molar-refractivity contribution in [3.63, 3.8) is 0 Å². The molecule has 2 unspecified atom stereocenters. The molecule has 256 valence electrons. The van der Waals surface area contributed by atoms with Crippen LogP contribution in [-0.4, -0.2) is 46.8 Å². The molecule has 4 aromatic carbocycles. The summed E-state index contributed by atoms with van der Waals surface area (Å²) in [4.78, 5) is 14.2. The molecule has 0 saturated carbocycles. The Balaban J connectivity index is 1.22. The second-order valence-electron chi connectivity index (χ2n) is 13.9. The molecule has 50 heavy (non-hydrogen) atoms. The quantitative estimate of drug-likeness (QED) is 0.135. The molecule has 4 N–H and O–H groups in total. The van der Waals surface area contributed by atoms with Gasteiger partial charge in [0.05, 0.1) is 48.7 Å². The number of Topliss-reactive ketones (excluding diaryl/α,β-unsaturated/α-hetero) is 1. The lowest BCUT2D eigenvalue weighted by molar-refractivity contribution is -0.121. The summed E-state index contributed by atoms with van der Waals surface area (Å²) in [5.41, 5.74) is 19.1. The van der Waals surface area contributed by atoms with Crippen LogP contribution >= 0.6 is 0 Å². The van der Waals surface area contributed by atoms with E-state index in [-0.39, 0.29) is 5.78 Å². The van der Waals surface area contributed by atoms with Crippen molar-refractivity contribution in [3.05, 3.63) is 167 Å². The van der Waals surface area contributed by atoms with Crippen LogP contribution in [0.1, 0.15) is 59.3 Å². The van der Waals surface area contributed by atoms with Crippen LogP contribution in [0.3, 0.4) is 0 Å². The van der Waals surface area contributed by atoms with E-state index in [0.717, 1.165) is 33.6 Å².